The fourth-order valence-electron chi connectivity index (χ4n) is 1.15. The van der Waals surface area contributed by atoms with E-state index in [1.165, 1.54) is 0 Å². The maximum absolute atomic E-state index is 11.9. The summed E-state index contributed by atoms with van der Waals surface area (Å²) in [6, 6.07) is 0.518. The Morgan fingerprint density at radius 3 is 2.42 bits per heavy atom. The lowest BCUT2D eigenvalue weighted by Gasteiger charge is -2.25. The summed E-state index contributed by atoms with van der Waals surface area (Å²) in [6.07, 6.45) is 0.655. The van der Waals surface area contributed by atoms with Gasteiger partial charge in [-0.1, -0.05) is 0 Å². The van der Waals surface area contributed by atoms with Gasteiger partial charge < -0.3 is 5.32 Å². The zero-order chi connectivity index (χ0) is 9.40. The second-order valence-electron chi connectivity index (χ2n) is 3.28. The summed E-state index contributed by atoms with van der Waals surface area (Å²) < 4.78 is 11.9. The Kier molecular flexibility index (Phi) is 7.40. The molecule has 0 aromatic rings. The van der Waals surface area contributed by atoms with Crippen molar-refractivity contribution in [1.82, 2.24) is 10.2 Å². The molecule has 0 saturated heterocycles. The number of nitrogens with one attached hydrogen (secondary N) is 1. The molecule has 74 valence electrons. The molecule has 0 rings (SSSR count). The summed E-state index contributed by atoms with van der Waals surface area (Å²) in [5.41, 5.74) is 0. The van der Waals surface area contributed by atoms with Crippen molar-refractivity contribution in [3.63, 3.8) is 0 Å². The van der Waals surface area contributed by atoms with E-state index in [0.717, 1.165) is 19.6 Å². The van der Waals surface area contributed by atoms with Crippen LogP contribution >= 0.6 is 0 Å². The van der Waals surface area contributed by atoms with E-state index >= 15 is 0 Å². The molecule has 0 radical (unpaired) electrons. The third-order valence-corrected chi connectivity index (χ3v) is 1.96. The molecule has 0 fully saturated rings. The first kappa shape index (κ1) is 11.8. The summed E-state index contributed by atoms with van der Waals surface area (Å²) in [7, 11) is 1.94. The van der Waals surface area contributed by atoms with Gasteiger partial charge in [0.15, 0.2) is 0 Å². The average Bonchev–Trinajstić information content (AvgIpc) is 2.04. The minimum Gasteiger partial charge on any atom is -0.318 e. The zero-order valence-electron chi connectivity index (χ0n) is 8.44. The third-order valence-electron chi connectivity index (χ3n) is 1.96. The van der Waals surface area contributed by atoms with Crippen LogP contribution in [-0.2, 0) is 0 Å². The van der Waals surface area contributed by atoms with Crippen molar-refractivity contribution >= 4 is 0 Å². The van der Waals surface area contributed by atoms with E-state index < -0.39 is 0 Å². The third kappa shape index (κ3) is 5.49. The van der Waals surface area contributed by atoms with E-state index in [0.29, 0.717) is 12.5 Å². The quantitative estimate of drug-likeness (QED) is 0.628. The van der Waals surface area contributed by atoms with Crippen LogP contribution < -0.4 is 5.32 Å². The van der Waals surface area contributed by atoms with Gasteiger partial charge in [-0.25, -0.2) is 0 Å². The molecule has 0 spiro atoms. The molecular weight excluding hydrogens is 155 g/mol. The number of halogens is 1. The summed E-state index contributed by atoms with van der Waals surface area (Å²) in [5, 5.41) is 3.09. The maximum Gasteiger partial charge on any atom is 0.0906 e. The first-order chi connectivity index (χ1) is 5.72. The highest BCUT2D eigenvalue weighted by Crippen LogP contribution is 1.98. The smallest absolute Gasteiger partial charge is 0.0906 e. The van der Waals surface area contributed by atoms with E-state index in [4.69, 9.17) is 0 Å². The van der Waals surface area contributed by atoms with Gasteiger partial charge in [-0.05, 0) is 27.3 Å². The maximum atomic E-state index is 11.9. The van der Waals surface area contributed by atoms with Crippen LogP contribution in [0.4, 0.5) is 4.39 Å². The van der Waals surface area contributed by atoms with Gasteiger partial charge in [0, 0.05) is 25.7 Å². The first-order valence-electron chi connectivity index (χ1n) is 4.67. The predicted octanol–water partition coefficient (Wildman–Crippen LogP) is 1.28. The van der Waals surface area contributed by atoms with Gasteiger partial charge in [-0.15, -0.1) is 0 Å². The molecule has 0 heterocycles. The SMILES string of the molecule is CNCCN(CCCF)C(C)C. The summed E-state index contributed by atoms with van der Waals surface area (Å²) >= 11 is 0. The molecule has 0 aromatic carbocycles. The van der Waals surface area contributed by atoms with E-state index in [9.17, 15) is 4.39 Å². The molecule has 0 atom stereocenters. The molecule has 0 aliphatic carbocycles. The number of rotatable bonds is 7. The van der Waals surface area contributed by atoms with E-state index in [-0.39, 0.29) is 6.67 Å². The molecule has 0 unspecified atom stereocenters. The Bertz CT molecular complexity index is 88.5. The van der Waals surface area contributed by atoms with Crippen LogP contribution in [0.3, 0.4) is 0 Å². The summed E-state index contributed by atoms with van der Waals surface area (Å²) in [6.45, 7) is 6.94. The molecule has 0 aromatic heterocycles. The molecule has 12 heavy (non-hydrogen) atoms. The van der Waals surface area contributed by atoms with Gasteiger partial charge in [-0.2, -0.15) is 0 Å². The number of hydrogen-bond donors (Lipinski definition) is 1. The van der Waals surface area contributed by atoms with E-state index in [1.807, 2.05) is 7.05 Å². The normalized spacial score (nSPS) is 11.5. The van der Waals surface area contributed by atoms with Gasteiger partial charge in [0.05, 0.1) is 6.67 Å². The lowest BCUT2D eigenvalue weighted by atomic mass is 10.3. The number of nitrogens with zero attached hydrogens (tertiary/aromatic N) is 1. The van der Waals surface area contributed by atoms with Crippen LogP contribution in [0.5, 0.6) is 0 Å². The number of likely N-dealkylation sites (N-methyl/N-ethyl adjacent to an activating group) is 1. The van der Waals surface area contributed by atoms with Crippen molar-refractivity contribution in [2.24, 2.45) is 0 Å². The molecular formula is C9H21FN2. The average molecular weight is 176 g/mol. The van der Waals surface area contributed by atoms with E-state index in [2.05, 4.69) is 24.1 Å². The second-order valence-corrected chi connectivity index (χ2v) is 3.28. The lowest BCUT2D eigenvalue weighted by Crippen LogP contribution is -2.37. The van der Waals surface area contributed by atoms with Crippen LogP contribution in [0.15, 0.2) is 0 Å². The van der Waals surface area contributed by atoms with Gasteiger partial charge in [0.25, 0.3) is 0 Å². The van der Waals surface area contributed by atoms with Crippen molar-refractivity contribution in [3.05, 3.63) is 0 Å². The van der Waals surface area contributed by atoms with Crippen molar-refractivity contribution in [2.45, 2.75) is 26.3 Å². The van der Waals surface area contributed by atoms with E-state index in [1.54, 1.807) is 0 Å². The molecule has 0 aliphatic heterocycles. The van der Waals surface area contributed by atoms with Crippen LogP contribution in [0.1, 0.15) is 20.3 Å². The molecule has 1 N–H and O–H groups in total. The standard InChI is InChI=1S/C9H21FN2/c1-9(2)12(7-4-5-10)8-6-11-3/h9,11H,4-8H2,1-3H3. The van der Waals surface area contributed by atoms with Crippen molar-refractivity contribution in [2.75, 3.05) is 33.4 Å². The lowest BCUT2D eigenvalue weighted by molar-refractivity contribution is 0.213. The Labute approximate surface area is 75.1 Å². The topological polar surface area (TPSA) is 15.3 Å². The Morgan fingerprint density at radius 1 is 1.33 bits per heavy atom. The first-order valence-corrected chi connectivity index (χ1v) is 4.67. The summed E-state index contributed by atoms with van der Waals surface area (Å²) in [5.74, 6) is 0. The van der Waals surface area contributed by atoms with Gasteiger partial charge in [0.2, 0.25) is 0 Å². The monoisotopic (exact) mass is 176 g/mol. The van der Waals surface area contributed by atoms with Crippen molar-refractivity contribution < 1.29 is 4.39 Å². The second kappa shape index (κ2) is 7.50. The Morgan fingerprint density at radius 2 is 2.00 bits per heavy atom. The van der Waals surface area contributed by atoms with Crippen molar-refractivity contribution in [3.8, 4) is 0 Å². The van der Waals surface area contributed by atoms with Crippen LogP contribution in [-0.4, -0.2) is 44.3 Å². The molecule has 0 amide bonds. The largest absolute Gasteiger partial charge is 0.318 e. The minimum absolute atomic E-state index is 0.206. The molecule has 0 aliphatic rings. The van der Waals surface area contributed by atoms with Crippen molar-refractivity contribution in [1.29, 1.82) is 0 Å². The predicted molar refractivity (Wildman–Crippen MR) is 51.2 cm³/mol. The molecule has 2 nitrogen and oxygen atoms in total. The fourth-order valence-corrected chi connectivity index (χ4v) is 1.15. The highest BCUT2D eigenvalue weighted by molar-refractivity contribution is 4.63. The molecule has 3 heteroatoms. The highest BCUT2D eigenvalue weighted by Gasteiger charge is 2.07. The Balaban J connectivity index is 3.55. The number of alkyl halides is 1. The van der Waals surface area contributed by atoms with Crippen LogP contribution in [0.25, 0.3) is 0 Å². The zero-order valence-corrected chi connectivity index (χ0v) is 8.44. The van der Waals surface area contributed by atoms with Gasteiger partial charge in [-0.3, -0.25) is 9.29 Å². The van der Waals surface area contributed by atoms with Crippen LogP contribution in [0, 0.1) is 0 Å². The fraction of sp³-hybridized carbons (Fsp3) is 1.00. The van der Waals surface area contributed by atoms with Gasteiger partial charge in [0.1, 0.15) is 0 Å². The Hall–Kier alpha value is -0.150. The number of hydrogen-bond acceptors (Lipinski definition) is 2. The minimum atomic E-state index is -0.206. The molecule has 0 bridgehead atoms. The highest BCUT2D eigenvalue weighted by atomic mass is 19.1. The van der Waals surface area contributed by atoms with Crippen LogP contribution in [0.2, 0.25) is 0 Å². The molecule has 0 saturated carbocycles. The summed E-state index contributed by atoms with van der Waals surface area (Å²) in [4.78, 5) is 2.29. The van der Waals surface area contributed by atoms with Gasteiger partial charge >= 0.3 is 0 Å².